The van der Waals surface area contributed by atoms with Crippen LogP contribution in [-0.2, 0) is 95.8 Å². The SMILES string of the molecule is CC(C)c1ccc(S(=O)(=O)NC(C)(C)C)c2c(F)cccc12.CC(C)c1ccc(S(=O)(=O)NC(C)(C)C)c2c1CCC2.CC(C)c1ccc(S(=O)(=O)NC(C)(C)C)c2c1CCCC2.CC(C)c1ccc(S(=O)(=O)NC(C)(C)C)c2cccc(F)c12.CC(C)c1ccc(S(=O)(=O)NC(C)(C)C)c2ccccc12.Cc1c(C(C)C)ccc(S(=O)(=O)NC(C)(C)C)c1C.Cc1c(C(C)C)cnc(S(=O)(=O)NC(C)(C)C)c1C. The summed E-state index contributed by atoms with van der Waals surface area (Å²) in [5, 5.41) is 3.52. The second-order valence-electron chi connectivity index (χ2n) is 47.4. The van der Waals surface area contributed by atoms with Crippen LogP contribution in [0.4, 0.5) is 8.78 Å². The number of rotatable bonds is 21. The molecule has 0 bridgehead atoms. The number of hydrogen-bond donors (Lipinski definition) is 7. The first-order valence-electron chi connectivity index (χ1n) is 49.9. The maximum Gasteiger partial charge on any atom is 0.258 e. The minimum atomic E-state index is -3.80. The molecule has 0 radical (unpaired) electrons. The summed E-state index contributed by atoms with van der Waals surface area (Å²) in [5.41, 5.74) is 12.4. The largest absolute Gasteiger partial charge is 0.258 e. The van der Waals surface area contributed by atoms with Crippen molar-refractivity contribution in [1.82, 2.24) is 38.0 Å². The fourth-order valence-corrected chi connectivity index (χ4v) is 29.5. The van der Waals surface area contributed by atoms with E-state index in [9.17, 15) is 67.7 Å². The molecule has 0 fully saturated rings. The van der Waals surface area contributed by atoms with Gasteiger partial charge >= 0.3 is 0 Å². The summed E-state index contributed by atoms with van der Waals surface area (Å²) in [6.07, 6.45) is 8.70. The van der Waals surface area contributed by atoms with Crippen LogP contribution in [0, 0.1) is 39.3 Å². The predicted octanol–water partition coefficient (Wildman–Crippen LogP) is 25.9. The fourth-order valence-electron chi connectivity index (χ4n) is 17.8. The molecular weight excluding hydrogens is 1960 g/mol. The van der Waals surface area contributed by atoms with E-state index in [1.54, 1.807) is 108 Å². The van der Waals surface area contributed by atoms with Gasteiger partial charge in [-0.05, 0) is 402 Å². The van der Waals surface area contributed by atoms with Gasteiger partial charge in [0.05, 0.1) is 29.4 Å². The van der Waals surface area contributed by atoms with Crippen molar-refractivity contribution in [1.29, 1.82) is 0 Å². The van der Waals surface area contributed by atoms with Crippen LogP contribution in [0.3, 0.4) is 0 Å². The van der Waals surface area contributed by atoms with Gasteiger partial charge < -0.3 is 0 Å². The number of nitrogens with zero attached hydrogens (tertiary/aromatic N) is 1. The molecule has 2 aliphatic carbocycles. The molecule has 0 saturated heterocycles. The number of fused-ring (bicyclic) bond motifs is 5. The van der Waals surface area contributed by atoms with Gasteiger partial charge in [-0.1, -0.05) is 182 Å². The lowest BCUT2D eigenvalue weighted by Crippen LogP contribution is -2.41. The molecule has 0 saturated carbocycles. The molecule has 0 atom stereocenters. The highest BCUT2D eigenvalue weighted by molar-refractivity contribution is 7.91. The first-order chi connectivity index (χ1) is 65.3. The van der Waals surface area contributed by atoms with E-state index in [2.05, 4.69) is 107 Å². The molecule has 800 valence electrons. The normalized spacial score (nSPS) is 13.9. The monoisotopic (exact) mass is 2120 g/mol. The van der Waals surface area contributed by atoms with E-state index in [0.29, 0.717) is 65.3 Å². The molecule has 1 heterocycles. The highest BCUT2D eigenvalue weighted by atomic mass is 32.2. The van der Waals surface area contributed by atoms with Gasteiger partial charge in [0.1, 0.15) is 11.6 Å². The van der Waals surface area contributed by atoms with Gasteiger partial charge in [-0.2, -0.15) is 0 Å². The molecule has 0 unspecified atom stereocenters. The minimum Gasteiger partial charge on any atom is -0.243 e. The molecule has 144 heavy (non-hydrogen) atoms. The van der Waals surface area contributed by atoms with E-state index >= 15 is 0 Å². The van der Waals surface area contributed by atoms with Crippen molar-refractivity contribution in [3.63, 3.8) is 0 Å². The van der Waals surface area contributed by atoms with Crippen LogP contribution in [0.1, 0.15) is 386 Å². The molecule has 0 spiro atoms. The van der Waals surface area contributed by atoms with Gasteiger partial charge in [-0.15, -0.1) is 0 Å². The summed E-state index contributed by atoms with van der Waals surface area (Å²) in [4.78, 5) is 5.95. The second-order valence-corrected chi connectivity index (χ2v) is 58.9. The number of benzene rings is 9. The third-order valence-electron chi connectivity index (χ3n) is 23.5. The van der Waals surface area contributed by atoms with Crippen molar-refractivity contribution < 1.29 is 67.7 Å². The standard InChI is InChI=1S/2C17H22FNO2S.C17H27NO2S.C17H23NO2S.C16H25NO2S.C15H25NO2S.C14H24N2O2S/c1-11(2)12-9-10-15(22(20,21)19-17(3,4)5)13-7-6-8-14(18)16(12)13;1-11(2)12-9-10-15(22(20,21)19-17(3,4)5)16-13(12)7-6-8-14(16)18;2*1-12(2)13-10-11-16(15-9-7-6-8-14(13)15)21(19,20)18-17(3,4)5;1-11(2)12-9-10-15(14-8-6-7-13(12)14)20(18,19)17-16(3,4)5;1-10(2)13-8-9-14(12(4)11(13)3)19(17,18)16-15(5,6)7;1-9(2)12-8-15-13(11(4)10(12)3)19(17,18)16-14(5,6)7/h2*6-11,19H,1-5H3;10-12,18H,6-9H2,1-5H3;6-12,18H,1-5H3;9-11,17H,6-8H2,1-5H3;8-10,16H,1-7H3;8-9,16H,1-7H3. The van der Waals surface area contributed by atoms with Crippen LogP contribution in [0.2, 0.25) is 0 Å². The quantitative estimate of drug-likeness (QED) is 0.0351. The summed E-state index contributed by atoms with van der Waals surface area (Å²) in [7, 11) is -25.0. The van der Waals surface area contributed by atoms with Crippen LogP contribution >= 0.6 is 0 Å². The Morgan fingerprint density at radius 3 is 0.889 bits per heavy atom. The Morgan fingerprint density at radius 1 is 0.236 bits per heavy atom. The molecule has 12 rings (SSSR count). The fraction of sp³-hybridized carbons (Fsp3) is 0.531. The van der Waals surface area contributed by atoms with Gasteiger partial charge in [0, 0.05) is 66.5 Å². The number of nitrogens with one attached hydrogen (secondary N) is 7. The minimum absolute atomic E-state index is 0.0140. The molecule has 22 nitrogen and oxygen atoms in total. The van der Waals surface area contributed by atoms with Crippen LogP contribution in [0.5, 0.6) is 0 Å². The Balaban J connectivity index is 0.000000257. The average Bonchev–Trinajstić information content (AvgIpc) is 1.00. The number of sulfonamides is 7. The third-order valence-corrected chi connectivity index (χ3v) is 36.4. The summed E-state index contributed by atoms with van der Waals surface area (Å²) in [6, 6.07) is 38.3. The van der Waals surface area contributed by atoms with Crippen molar-refractivity contribution in [2.45, 2.75) is 430 Å². The molecule has 9 aromatic carbocycles. The molecule has 1 aromatic heterocycles. The molecule has 10 aromatic rings. The molecule has 2 aliphatic rings. The van der Waals surface area contributed by atoms with Crippen LogP contribution in [-0.4, -0.2) is 103 Å². The average molecular weight is 2130 g/mol. The number of aromatic nitrogens is 1. The number of pyridine rings is 1. The van der Waals surface area contributed by atoms with E-state index in [-0.39, 0.29) is 32.0 Å². The second kappa shape index (κ2) is 48.0. The topological polar surface area (TPSA) is 336 Å². The van der Waals surface area contributed by atoms with Gasteiger partial charge in [0.15, 0.2) is 5.03 Å². The van der Waals surface area contributed by atoms with E-state index in [0.717, 1.165) is 106 Å². The van der Waals surface area contributed by atoms with Crippen molar-refractivity contribution in [2.24, 2.45) is 0 Å². The lowest BCUT2D eigenvalue weighted by atomic mass is 9.85. The van der Waals surface area contributed by atoms with E-state index in [1.807, 2.05) is 208 Å². The van der Waals surface area contributed by atoms with Gasteiger partial charge in [-0.25, -0.2) is 106 Å². The highest BCUT2D eigenvalue weighted by Gasteiger charge is 2.36. The lowest BCUT2D eigenvalue weighted by molar-refractivity contribution is 0.487. The number of halogens is 2. The van der Waals surface area contributed by atoms with Crippen molar-refractivity contribution in [3.8, 4) is 0 Å². The van der Waals surface area contributed by atoms with E-state index in [1.165, 1.54) is 57.6 Å². The Morgan fingerprint density at radius 2 is 0.500 bits per heavy atom. The Bertz CT molecular complexity index is 7010. The molecular formula is C113H168F2N8O14S7. The Kier molecular flexibility index (Phi) is 41.6. The smallest absolute Gasteiger partial charge is 0.243 e. The van der Waals surface area contributed by atoms with Crippen LogP contribution in [0.25, 0.3) is 32.3 Å². The third kappa shape index (κ3) is 34.3. The Labute approximate surface area is 865 Å². The number of hydrogen-bond acceptors (Lipinski definition) is 15. The summed E-state index contributed by atoms with van der Waals surface area (Å²) >= 11 is 0. The van der Waals surface area contributed by atoms with Crippen LogP contribution < -0.4 is 33.1 Å². The zero-order valence-corrected chi connectivity index (χ0v) is 98.8. The van der Waals surface area contributed by atoms with Gasteiger partial charge in [-0.3, -0.25) is 0 Å². The van der Waals surface area contributed by atoms with Crippen molar-refractivity contribution >= 4 is 102 Å². The van der Waals surface area contributed by atoms with Gasteiger partial charge in [0.2, 0.25) is 60.1 Å². The predicted molar refractivity (Wildman–Crippen MR) is 592 cm³/mol. The summed E-state index contributed by atoms with van der Waals surface area (Å²) in [6.45, 7) is 75.1. The highest BCUT2D eigenvalue weighted by Crippen LogP contribution is 2.41. The molecule has 31 heteroatoms. The first kappa shape index (κ1) is 125. The van der Waals surface area contributed by atoms with E-state index in [4.69, 9.17) is 0 Å². The Hall–Kier alpha value is -7.86. The summed E-state index contributed by atoms with van der Waals surface area (Å²) < 4.78 is 223. The molecule has 7 N–H and O–H groups in total. The van der Waals surface area contributed by atoms with Crippen molar-refractivity contribution in [2.75, 3.05) is 0 Å². The summed E-state index contributed by atoms with van der Waals surface area (Å²) in [5.74, 6) is 1.32. The maximum absolute atomic E-state index is 14.4. The van der Waals surface area contributed by atoms with E-state index < -0.39 is 121 Å². The van der Waals surface area contributed by atoms with Crippen LogP contribution in [0.15, 0.2) is 174 Å². The zero-order chi connectivity index (χ0) is 110. The maximum atomic E-state index is 14.4. The zero-order valence-electron chi connectivity index (χ0n) is 93.0. The first-order valence-corrected chi connectivity index (χ1v) is 60.3. The van der Waals surface area contributed by atoms with Crippen molar-refractivity contribution in [3.05, 3.63) is 235 Å². The van der Waals surface area contributed by atoms with Gasteiger partial charge in [0.25, 0.3) is 10.0 Å². The lowest BCUT2D eigenvalue weighted by Gasteiger charge is -2.26. The molecule has 0 amide bonds. The molecule has 0 aliphatic heterocycles.